The van der Waals surface area contributed by atoms with Gasteiger partial charge in [-0.1, -0.05) is 27.7 Å². The maximum atomic E-state index is 6.48. The number of benzene rings is 1. The van der Waals surface area contributed by atoms with Crippen LogP contribution in [0.2, 0.25) is 0 Å². The summed E-state index contributed by atoms with van der Waals surface area (Å²) < 4.78 is 0. The van der Waals surface area contributed by atoms with Crippen molar-refractivity contribution < 1.29 is 0 Å². The molecule has 1 aromatic carbocycles. The van der Waals surface area contributed by atoms with E-state index in [9.17, 15) is 0 Å². The molecule has 4 N–H and O–H groups in total. The molecule has 1 aliphatic carbocycles. The summed E-state index contributed by atoms with van der Waals surface area (Å²) in [5.74, 6) is 0.391. The molecule has 0 spiro atoms. The molecular formula is C16H26N2. The molecule has 0 saturated carbocycles. The van der Waals surface area contributed by atoms with Gasteiger partial charge in [-0.15, -0.1) is 0 Å². The molecule has 0 saturated heterocycles. The van der Waals surface area contributed by atoms with Gasteiger partial charge in [-0.25, -0.2) is 0 Å². The Labute approximate surface area is 111 Å². The fraction of sp³-hybridized carbons (Fsp3) is 0.625. The van der Waals surface area contributed by atoms with Gasteiger partial charge >= 0.3 is 0 Å². The molecule has 0 radical (unpaired) electrons. The van der Waals surface area contributed by atoms with Crippen LogP contribution in [0, 0.1) is 0 Å². The molecule has 0 atom stereocenters. The van der Waals surface area contributed by atoms with Crippen molar-refractivity contribution in [3.63, 3.8) is 0 Å². The van der Waals surface area contributed by atoms with E-state index in [0.29, 0.717) is 5.92 Å². The standard InChI is InChI=1S/C16H26N2/c1-5-16(6-2)8-7-11-9-12(17)13(10(3)4)15(18)14(11)16/h9-10H,5-8,17-18H2,1-4H3. The van der Waals surface area contributed by atoms with Gasteiger partial charge in [-0.2, -0.15) is 0 Å². The third-order valence-electron chi connectivity index (χ3n) is 4.86. The lowest BCUT2D eigenvalue weighted by Crippen LogP contribution is -2.23. The largest absolute Gasteiger partial charge is 0.398 e. The first-order valence-electron chi connectivity index (χ1n) is 7.18. The van der Waals surface area contributed by atoms with Crippen molar-refractivity contribution in [2.24, 2.45) is 0 Å². The molecule has 0 aliphatic heterocycles. The lowest BCUT2D eigenvalue weighted by atomic mass is 9.75. The van der Waals surface area contributed by atoms with Crippen LogP contribution in [-0.4, -0.2) is 0 Å². The minimum absolute atomic E-state index is 0.288. The Kier molecular flexibility index (Phi) is 3.31. The van der Waals surface area contributed by atoms with Gasteiger partial charge in [0.15, 0.2) is 0 Å². The van der Waals surface area contributed by atoms with E-state index in [-0.39, 0.29) is 5.41 Å². The van der Waals surface area contributed by atoms with Crippen LogP contribution in [0.3, 0.4) is 0 Å². The summed E-state index contributed by atoms with van der Waals surface area (Å²) in [6.07, 6.45) is 4.69. The first-order valence-corrected chi connectivity index (χ1v) is 7.18. The predicted octanol–water partition coefficient (Wildman–Crippen LogP) is 3.98. The highest BCUT2D eigenvalue weighted by atomic mass is 14.7. The highest BCUT2D eigenvalue weighted by Crippen LogP contribution is 2.49. The molecular weight excluding hydrogens is 220 g/mol. The second-order valence-electron chi connectivity index (χ2n) is 5.97. The molecule has 0 fully saturated rings. The zero-order chi connectivity index (χ0) is 13.5. The normalized spacial score (nSPS) is 17.2. The number of nitrogen functional groups attached to an aromatic ring is 2. The molecule has 1 aromatic rings. The smallest absolute Gasteiger partial charge is 0.0410 e. The number of nitrogens with two attached hydrogens (primary N) is 2. The van der Waals surface area contributed by atoms with E-state index in [1.54, 1.807) is 0 Å². The van der Waals surface area contributed by atoms with Crippen LogP contribution < -0.4 is 11.5 Å². The second kappa shape index (κ2) is 4.49. The summed E-state index contributed by atoms with van der Waals surface area (Å²) in [6, 6.07) is 2.17. The van der Waals surface area contributed by atoms with Gasteiger partial charge in [0, 0.05) is 16.9 Å². The topological polar surface area (TPSA) is 52.0 Å². The number of aryl methyl sites for hydroxylation is 1. The molecule has 0 unspecified atom stereocenters. The van der Waals surface area contributed by atoms with Crippen molar-refractivity contribution in [3.8, 4) is 0 Å². The highest BCUT2D eigenvalue weighted by Gasteiger charge is 2.38. The summed E-state index contributed by atoms with van der Waals surface area (Å²) in [5.41, 5.74) is 18.8. The van der Waals surface area contributed by atoms with Gasteiger partial charge in [-0.05, 0) is 54.2 Å². The van der Waals surface area contributed by atoms with Gasteiger partial charge in [0.25, 0.3) is 0 Å². The van der Waals surface area contributed by atoms with E-state index >= 15 is 0 Å². The van der Waals surface area contributed by atoms with Gasteiger partial charge in [0.2, 0.25) is 0 Å². The van der Waals surface area contributed by atoms with E-state index in [0.717, 1.165) is 23.4 Å². The van der Waals surface area contributed by atoms with Crippen LogP contribution in [0.4, 0.5) is 11.4 Å². The maximum Gasteiger partial charge on any atom is 0.0410 e. The Bertz CT molecular complexity index is 457. The molecule has 0 bridgehead atoms. The number of anilines is 2. The third-order valence-corrected chi connectivity index (χ3v) is 4.86. The highest BCUT2D eigenvalue weighted by molar-refractivity contribution is 5.72. The van der Waals surface area contributed by atoms with Crippen LogP contribution in [0.25, 0.3) is 0 Å². The average molecular weight is 246 g/mol. The van der Waals surface area contributed by atoms with Crippen molar-refractivity contribution in [2.45, 2.75) is 64.7 Å². The molecule has 2 nitrogen and oxygen atoms in total. The van der Waals surface area contributed by atoms with Crippen LogP contribution in [0.15, 0.2) is 6.07 Å². The Morgan fingerprint density at radius 2 is 1.83 bits per heavy atom. The zero-order valence-corrected chi connectivity index (χ0v) is 12.1. The van der Waals surface area contributed by atoms with Gasteiger partial charge < -0.3 is 11.5 Å². The van der Waals surface area contributed by atoms with Crippen LogP contribution >= 0.6 is 0 Å². The maximum absolute atomic E-state index is 6.48. The number of fused-ring (bicyclic) bond motifs is 1. The monoisotopic (exact) mass is 246 g/mol. The van der Waals surface area contributed by atoms with E-state index in [1.807, 2.05) is 0 Å². The Balaban J connectivity index is 2.69. The SMILES string of the molecule is CCC1(CC)CCc2cc(N)c(C(C)C)c(N)c21. The molecule has 1 aliphatic rings. The molecule has 0 heterocycles. The van der Waals surface area contributed by atoms with Crippen LogP contribution in [-0.2, 0) is 11.8 Å². The molecule has 18 heavy (non-hydrogen) atoms. The van der Waals surface area contributed by atoms with E-state index in [4.69, 9.17) is 11.5 Å². The van der Waals surface area contributed by atoms with Crippen molar-refractivity contribution in [3.05, 3.63) is 22.8 Å². The lowest BCUT2D eigenvalue weighted by Gasteiger charge is -2.30. The van der Waals surface area contributed by atoms with Gasteiger partial charge in [0.05, 0.1) is 0 Å². The Morgan fingerprint density at radius 1 is 1.22 bits per heavy atom. The fourth-order valence-corrected chi connectivity index (χ4v) is 3.72. The minimum Gasteiger partial charge on any atom is -0.398 e. The van der Waals surface area contributed by atoms with Crippen molar-refractivity contribution in [1.29, 1.82) is 0 Å². The second-order valence-corrected chi connectivity index (χ2v) is 5.97. The molecule has 0 aromatic heterocycles. The molecule has 0 amide bonds. The Morgan fingerprint density at radius 3 is 2.33 bits per heavy atom. The number of hydrogen-bond acceptors (Lipinski definition) is 2. The first-order chi connectivity index (χ1) is 8.46. The van der Waals surface area contributed by atoms with Gasteiger partial charge in [-0.3, -0.25) is 0 Å². The van der Waals surface area contributed by atoms with Crippen molar-refractivity contribution in [2.75, 3.05) is 11.5 Å². The predicted molar refractivity (Wildman–Crippen MR) is 79.9 cm³/mol. The summed E-state index contributed by atoms with van der Waals surface area (Å²) in [5, 5.41) is 0. The van der Waals surface area contributed by atoms with Crippen LogP contribution in [0.5, 0.6) is 0 Å². The quantitative estimate of drug-likeness (QED) is 0.793. The Hall–Kier alpha value is -1.18. The summed E-state index contributed by atoms with van der Waals surface area (Å²) in [6.45, 7) is 8.90. The summed E-state index contributed by atoms with van der Waals surface area (Å²) in [7, 11) is 0. The van der Waals surface area contributed by atoms with Crippen molar-refractivity contribution >= 4 is 11.4 Å². The van der Waals surface area contributed by atoms with Crippen molar-refractivity contribution in [1.82, 2.24) is 0 Å². The molecule has 2 heteroatoms. The number of rotatable bonds is 3. The average Bonchev–Trinajstić information content (AvgIpc) is 2.68. The summed E-state index contributed by atoms with van der Waals surface area (Å²) in [4.78, 5) is 0. The van der Waals surface area contributed by atoms with Gasteiger partial charge in [0.1, 0.15) is 0 Å². The molecule has 2 rings (SSSR count). The van der Waals surface area contributed by atoms with E-state index in [1.165, 1.54) is 30.4 Å². The van der Waals surface area contributed by atoms with E-state index in [2.05, 4.69) is 33.8 Å². The fourth-order valence-electron chi connectivity index (χ4n) is 3.72. The lowest BCUT2D eigenvalue weighted by molar-refractivity contribution is 0.395. The van der Waals surface area contributed by atoms with E-state index < -0.39 is 0 Å². The zero-order valence-electron chi connectivity index (χ0n) is 12.1. The first kappa shape index (κ1) is 13.3. The number of hydrogen-bond donors (Lipinski definition) is 2. The summed E-state index contributed by atoms with van der Waals surface area (Å²) >= 11 is 0. The minimum atomic E-state index is 0.288. The molecule has 100 valence electrons. The van der Waals surface area contributed by atoms with Crippen LogP contribution in [0.1, 0.15) is 69.6 Å². The third kappa shape index (κ3) is 1.70.